The van der Waals surface area contributed by atoms with Crippen LogP contribution in [0.3, 0.4) is 0 Å². The molecule has 3 aromatic rings. The third-order valence-corrected chi connectivity index (χ3v) is 6.91. The normalized spacial score (nSPS) is 14.4. The summed E-state index contributed by atoms with van der Waals surface area (Å²) < 4.78 is 13.1. The molecular formula is C30H41N5O5. The molecule has 1 N–H and O–H groups in total. The number of carboxylic acid groups (broad SMARTS) is 1. The minimum absolute atomic E-state index is 0.0600. The van der Waals surface area contributed by atoms with Gasteiger partial charge in [0, 0.05) is 0 Å². The molecule has 1 saturated carbocycles. The topological polar surface area (TPSA) is 120 Å². The molecule has 1 fully saturated rings. The number of ether oxygens (including phenoxy) is 2. The number of aliphatic carboxylic acids is 1. The van der Waals surface area contributed by atoms with Crippen LogP contribution in [-0.4, -0.2) is 48.9 Å². The summed E-state index contributed by atoms with van der Waals surface area (Å²) in [7, 11) is 0. The molecule has 216 valence electrons. The number of carbonyl (C=O) groups is 2. The van der Waals surface area contributed by atoms with Crippen molar-refractivity contribution >= 4 is 29.2 Å². The predicted molar refractivity (Wildman–Crippen MR) is 153 cm³/mol. The van der Waals surface area contributed by atoms with Gasteiger partial charge in [0.05, 0.1) is 19.5 Å². The van der Waals surface area contributed by atoms with Crippen molar-refractivity contribution in [3.63, 3.8) is 0 Å². The Bertz CT molecular complexity index is 1310. The number of fused-ring (bicyclic) bond motifs is 1. The Labute approximate surface area is 235 Å². The number of anilines is 1. The monoisotopic (exact) mass is 551 g/mol. The van der Waals surface area contributed by atoms with Crippen molar-refractivity contribution in [2.75, 3.05) is 11.5 Å². The molecular weight excluding hydrogens is 510 g/mol. The number of amides is 1. The quantitative estimate of drug-likeness (QED) is 0.311. The van der Waals surface area contributed by atoms with Gasteiger partial charge in [-0.3, -0.25) is 4.79 Å². The Morgan fingerprint density at radius 1 is 1.10 bits per heavy atom. The Kier molecular flexibility index (Phi) is 9.27. The summed E-state index contributed by atoms with van der Waals surface area (Å²) in [6.07, 6.45) is 7.83. The largest absolute Gasteiger partial charge is 0.480 e. The van der Waals surface area contributed by atoms with E-state index >= 15 is 0 Å². The van der Waals surface area contributed by atoms with E-state index in [0.29, 0.717) is 24.0 Å². The molecule has 0 bridgehead atoms. The van der Waals surface area contributed by atoms with Crippen molar-refractivity contribution in [1.29, 1.82) is 0 Å². The fraction of sp³-hybridized carbons (Fsp3) is 0.567. The van der Waals surface area contributed by atoms with E-state index in [2.05, 4.69) is 40.9 Å². The number of carbonyl (C=O) groups excluding carboxylic acids is 1. The molecule has 0 radical (unpaired) electrons. The fourth-order valence-corrected chi connectivity index (χ4v) is 4.83. The first kappa shape index (κ1) is 29.3. The lowest BCUT2D eigenvalue weighted by molar-refractivity contribution is -0.137. The van der Waals surface area contributed by atoms with Crippen molar-refractivity contribution in [3.05, 3.63) is 41.7 Å². The molecule has 1 aliphatic rings. The van der Waals surface area contributed by atoms with Crippen LogP contribution in [0, 0.1) is 5.92 Å². The summed E-state index contributed by atoms with van der Waals surface area (Å²) in [5, 5.41) is 9.41. The van der Waals surface area contributed by atoms with Crippen molar-refractivity contribution in [2.24, 2.45) is 5.92 Å². The van der Waals surface area contributed by atoms with Gasteiger partial charge >= 0.3 is 12.1 Å². The zero-order valence-corrected chi connectivity index (χ0v) is 24.2. The van der Waals surface area contributed by atoms with Gasteiger partial charge in [0.25, 0.3) is 0 Å². The third kappa shape index (κ3) is 7.70. The van der Waals surface area contributed by atoms with Gasteiger partial charge in [-0.05, 0) is 63.0 Å². The molecule has 4 rings (SSSR count). The van der Waals surface area contributed by atoms with Gasteiger partial charge < -0.3 is 19.1 Å². The smallest absolute Gasteiger partial charge is 0.417 e. The molecule has 1 aromatic carbocycles. The standard InChI is InChI=1S/C30H41N5O5/c1-20(2)15-16-39-27-25-26(34(19-31-25)18-24(36)37)32-28(33-27)35(29(38)40-30(3,4)5)17-21-11-13-23(14-12-21)22-9-7-6-8-10-22/h11-14,19-20,22H,6-10,15-18H2,1-5H3,(H,36,37). The summed E-state index contributed by atoms with van der Waals surface area (Å²) in [6, 6.07) is 8.36. The first-order valence-corrected chi connectivity index (χ1v) is 14.2. The number of nitrogens with zero attached hydrogens (tertiary/aromatic N) is 5. The summed E-state index contributed by atoms with van der Waals surface area (Å²) in [6.45, 7) is 9.81. The zero-order chi connectivity index (χ0) is 28.9. The second-order valence-electron chi connectivity index (χ2n) is 11.9. The number of carboxylic acids is 1. The van der Waals surface area contributed by atoms with Gasteiger partial charge in [0.2, 0.25) is 11.8 Å². The molecule has 10 heteroatoms. The van der Waals surface area contributed by atoms with E-state index in [9.17, 15) is 14.7 Å². The van der Waals surface area contributed by atoms with Gasteiger partial charge in [-0.2, -0.15) is 9.97 Å². The minimum atomic E-state index is -1.04. The molecule has 1 amide bonds. The van der Waals surface area contributed by atoms with Crippen molar-refractivity contribution in [3.8, 4) is 5.88 Å². The van der Waals surface area contributed by atoms with E-state index in [-0.39, 0.29) is 30.6 Å². The van der Waals surface area contributed by atoms with Crippen molar-refractivity contribution < 1.29 is 24.2 Å². The molecule has 0 aliphatic heterocycles. The van der Waals surface area contributed by atoms with Crippen molar-refractivity contribution in [2.45, 2.75) is 97.8 Å². The maximum atomic E-state index is 13.5. The van der Waals surface area contributed by atoms with Gasteiger partial charge in [0.1, 0.15) is 12.1 Å². The van der Waals surface area contributed by atoms with Crippen LogP contribution in [0.1, 0.15) is 90.2 Å². The minimum Gasteiger partial charge on any atom is -0.480 e. The Morgan fingerprint density at radius 3 is 2.42 bits per heavy atom. The molecule has 2 aromatic heterocycles. The summed E-state index contributed by atoms with van der Waals surface area (Å²) in [4.78, 5) is 39.9. The van der Waals surface area contributed by atoms with E-state index in [1.54, 1.807) is 20.8 Å². The molecule has 1 aliphatic carbocycles. The van der Waals surface area contributed by atoms with Gasteiger partial charge in [-0.25, -0.2) is 14.7 Å². The Morgan fingerprint density at radius 2 is 1.80 bits per heavy atom. The van der Waals surface area contributed by atoms with E-state index < -0.39 is 17.7 Å². The average Bonchev–Trinajstić information content (AvgIpc) is 3.29. The second-order valence-corrected chi connectivity index (χ2v) is 11.9. The summed E-state index contributed by atoms with van der Waals surface area (Å²) in [5.41, 5.74) is 2.09. The summed E-state index contributed by atoms with van der Waals surface area (Å²) in [5.74, 6) is 0.214. The molecule has 0 atom stereocenters. The van der Waals surface area contributed by atoms with E-state index in [0.717, 1.165) is 12.0 Å². The highest BCUT2D eigenvalue weighted by atomic mass is 16.6. The van der Waals surface area contributed by atoms with Crippen LogP contribution in [0.25, 0.3) is 11.2 Å². The number of hydrogen-bond donors (Lipinski definition) is 1. The zero-order valence-electron chi connectivity index (χ0n) is 24.2. The average molecular weight is 552 g/mol. The van der Waals surface area contributed by atoms with Crippen LogP contribution >= 0.6 is 0 Å². The molecule has 0 spiro atoms. The second kappa shape index (κ2) is 12.7. The van der Waals surface area contributed by atoms with Gasteiger partial charge in [-0.15, -0.1) is 0 Å². The molecule has 10 nitrogen and oxygen atoms in total. The number of benzene rings is 1. The third-order valence-electron chi connectivity index (χ3n) is 6.91. The first-order valence-electron chi connectivity index (χ1n) is 14.2. The number of hydrogen-bond acceptors (Lipinski definition) is 7. The Balaban J connectivity index is 1.71. The molecule has 0 saturated heterocycles. The van der Waals surface area contributed by atoms with Crippen LogP contribution in [0.4, 0.5) is 10.7 Å². The lowest BCUT2D eigenvalue weighted by atomic mass is 9.84. The van der Waals surface area contributed by atoms with Gasteiger partial charge in [-0.1, -0.05) is 57.4 Å². The van der Waals surface area contributed by atoms with Crippen LogP contribution in [0.2, 0.25) is 0 Å². The van der Waals surface area contributed by atoms with E-state index in [1.165, 1.54) is 53.5 Å². The first-order chi connectivity index (χ1) is 19.0. The summed E-state index contributed by atoms with van der Waals surface area (Å²) >= 11 is 0. The van der Waals surface area contributed by atoms with Crippen LogP contribution in [0.15, 0.2) is 30.6 Å². The number of imidazole rings is 1. The lowest BCUT2D eigenvalue weighted by Gasteiger charge is -2.27. The van der Waals surface area contributed by atoms with E-state index in [4.69, 9.17) is 9.47 Å². The van der Waals surface area contributed by atoms with Crippen LogP contribution < -0.4 is 9.64 Å². The number of aromatic nitrogens is 4. The highest BCUT2D eigenvalue weighted by Crippen LogP contribution is 2.33. The molecule has 40 heavy (non-hydrogen) atoms. The van der Waals surface area contributed by atoms with Crippen LogP contribution in [-0.2, 0) is 22.6 Å². The van der Waals surface area contributed by atoms with E-state index in [1.807, 2.05) is 12.1 Å². The Hall–Kier alpha value is -3.69. The maximum absolute atomic E-state index is 13.5. The van der Waals surface area contributed by atoms with Crippen LogP contribution in [0.5, 0.6) is 5.88 Å². The lowest BCUT2D eigenvalue weighted by Crippen LogP contribution is -2.37. The highest BCUT2D eigenvalue weighted by molar-refractivity contribution is 5.88. The molecule has 0 unspecified atom stereocenters. The highest BCUT2D eigenvalue weighted by Gasteiger charge is 2.28. The van der Waals surface area contributed by atoms with Crippen molar-refractivity contribution in [1.82, 2.24) is 19.5 Å². The predicted octanol–water partition coefficient (Wildman–Crippen LogP) is 6.33. The van der Waals surface area contributed by atoms with Gasteiger partial charge in [0.15, 0.2) is 11.2 Å². The maximum Gasteiger partial charge on any atom is 0.417 e. The fourth-order valence-electron chi connectivity index (χ4n) is 4.83. The number of rotatable bonds is 10. The molecule has 2 heterocycles. The SMILES string of the molecule is CC(C)CCOc1nc(N(Cc2ccc(C3CCCCC3)cc2)C(=O)OC(C)(C)C)nc2c1ncn2CC(=O)O.